The van der Waals surface area contributed by atoms with E-state index in [0.29, 0.717) is 17.0 Å². The van der Waals surface area contributed by atoms with E-state index in [1.54, 1.807) is 11.8 Å². The molecular formula is C21H33ClN2OS. The van der Waals surface area contributed by atoms with Gasteiger partial charge in [0.05, 0.1) is 17.3 Å². The molecule has 0 atom stereocenters. The summed E-state index contributed by atoms with van der Waals surface area (Å²) >= 11 is 8.02. The molecule has 5 heteroatoms. The third-order valence-corrected chi connectivity index (χ3v) is 3.18. The molecular weight excluding hydrogens is 364 g/mol. The van der Waals surface area contributed by atoms with Crippen molar-refractivity contribution in [2.75, 3.05) is 19.1 Å². The van der Waals surface area contributed by atoms with Crippen molar-refractivity contribution in [3.8, 4) is 11.3 Å². The lowest BCUT2D eigenvalue weighted by Crippen LogP contribution is -2.03. The summed E-state index contributed by atoms with van der Waals surface area (Å²) in [6.45, 7) is 11.3. The van der Waals surface area contributed by atoms with Crippen molar-refractivity contribution >= 4 is 29.6 Å². The summed E-state index contributed by atoms with van der Waals surface area (Å²) in [7, 11) is 0. The molecule has 1 aromatic carbocycles. The first-order chi connectivity index (χ1) is 12.1. The monoisotopic (exact) mass is 396 g/mol. The zero-order valence-electron chi connectivity index (χ0n) is 17.1. The van der Waals surface area contributed by atoms with Gasteiger partial charge in [-0.2, -0.15) is 11.8 Å². The van der Waals surface area contributed by atoms with Crippen LogP contribution >= 0.6 is 23.4 Å². The first-order valence-corrected chi connectivity index (χ1v) is 10.6. The van der Waals surface area contributed by atoms with Gasteiger partial charge in [0.15, 0.2) is 0 Å². The van der Waals surface area contributed by atoms with E-state index in [-0.39, 0.29) is 6.61 Å². The van der Waals surface area contributed by atoms with Crippen molar-refractivity contribution in [2.24, 2.45) is 5.41 Å². The van der Waals surface area contributed by atoms with Crippen LogP contribution in [0.4, 0.5) is 0 Å². The molecule has 1 heterocycles. The molecule has 2 rings (SSSR count). The number of rotatable bonds is 4. The summed E-state index contributed by atoms with van der Waals surface area (Å²) in [6, 6.07) is 7.70. The lowest BCUT2D eigenvalue weighted by atomic mass is 10.0. The van der Waals surface area contributed by atoms with Crippen molar-refractivity contribution in [1.82, 2.24) is 4.57 Å². The maximum absolute atomic E-state index is 9.08. The van der Waals surface area contributed by atoms with Crippen molar-refractivity contribution in [1.29, 1.82) is 5.41 Å². The van der Waals surface area contributed by atoms with Crippen LogP contribution in [0.25, 0.3) is 11.3 Å². The molecule has 0 unspecified atom stereocenters. The number of hydrogen-bond donors (Lipinski definition) is 2. The summed E-state index contributed by atoms with van der Waals surface area (Å²) < 4.78 is 1.91. The highest BCUT2D eigenvalue weighted by Gasteiger charge is 2.12. The minimum atomic E-state index is 0.0581. The zero-order chi connectivity index (χ0) is 20.3. The molecule has 26 heavy (non-hydrogen) atoms. The molecule has 0 bridgehead atoms. The second-order valence-corrected chi connectivity index (χ2v) is 8.80. The second-order valence-electron chi connectivity index (χ2n) is 7.57. The third-order valence-electron chi connectivity index (χ3n) is 2.87. The van der Waals surface area contributed by atoms with E-state index >= 15 is 0 Å². The minimum Gasteiger partial charge on any atom is -0.395 e. The Morgan fingerprint density at radius 3 is 2.15 bits per heavy atom. The standard InChI is InChI=1S/C14H15ClN2O.C5H12.C2H6S/c1-10-2-3-12(13(15)8-10)14-11(9-16)4-5-17(14)6-7-18;1-5(2,3)4;1-3-2/h2-5,8-9,16,18H,6-7H2,1H3;1-4H3;1-2H3. The van der Waals surface area contributed by atoms with E-state index in [9.17, 15) is 0 Å². The summed E-state index contributed by atoms with van der Waals surface area (Å²) in [6.07, 6.45) is 7.25. The topological polar surface area (TPSA) is 49.0 Å². The van der Waals surface area contributed by atoms with Crippen LogP contribution in [-0.2, 0) is 6.54 Å². The van der Waals surface area contributed by atoms with Gasteiger partial charge >= 0.3 is 0 Å². The van der Waals surface area contributed by atoms with Crippen LogP contribution < -0.4 is 0 Å². The molecule has 0 spiro atoms. The quantitative estimate of drug-likeness (QED) is 0.610. The molecule has 0 fully saturated rings. The number of halogens is 1. The van der Waals surface area contributed by atoms with E-state index in [0.717, 1.165) is 22.4 Å². The summed E-state index contributed by atoms with van der Waals surface area (Å²) in [5.41, 5.74) is 4.16. The summed E-state index contributed by atoms with van der Waals surface area (Å²) in [4.78, 5) is 0. The van der Waals surface area contributed by atoms with Gasteiger partial charge in [0.1, 0.15) is 0 Å². The predicted octanol–water partition coefficient (Wildman–Crippen LogP) is 6.14. The first-order valence-electron chi connectivity index (χ1n) is 8.56. The highest BCUT2D eigenvalue weighted by atomic mass is 35.5. The SMILES string of the molecule is CC(C)(C)C.CSC.Cc1ccc(-c2c(C=N)ccn2CCO)c(Cl)c1. The Morgan fingerprint density at radius 2 is 1.73 bits per heavy atom. The Morgan fingerprint density at radius 1 is 1.19 bits per heavy atom. The lowest BCUT2D eigenvalue weighted by molar-refractivity contribution is 0.277. The van der Waals surface area contributed by atoms with E-state index in [1.807, 2.05) is 54.5 Å². The van der Waals surface area contributed by atoms with Gasteiger partial charge in [0.25, 0.3) is 0 Å². The number of thioether (sulfide) groups is 1. The van der Waals surface area contributed by atoms with E-state index in [2.05, 4.69) is 27.7 Å². The van der Waals surface area contributed by atoms with Crippen LogP contribution in [0.15, 0.2) is 30.5 Å². The highest BCUT2D eigenvalue weighted by molar-refractivity contribution is 7.97. The number of nitrogens with one attached hydrogen (secondary N) is 1. The van der Waals surface area contributed by atoms with Crippen molar-refractivity contribution in [2.45, 2.75) is 41.2 Å². The van der Waals surface area contributed by atoms with Crippen molar-refractivity contribution in [3.05, 3.63) is 46.6 Å². The number of benzene rings is 1. The van der Waals surface area contributed by atoms with Crippen LogP contribution in [-0.4, -0.2) is 35.0 Å². The van der Waals surface area contributed by atoms with Crippen LogP contribution in [0.1, 0.15) is 38.8 Å². The van der Waals surface area contributed by atoms with Gasteiger partial charge in [-0.3, -0.25) is 0 Å². The Kier molecular flexibility index (Phi) is 11.6. The molecule has 0 aliphatic carbocycles. The normalized spacial score (nSPS) is 10.3. The predicted molar refractivity (Wildman–Crippen MR) is 119 cm³/mol. The van der Waals surface area contributed by atoms with Gasteiger partial charge in [0.2, 0.25) is 0 Å². The molecule has 0 aliphatic rings. The van der Waals surface area contributed by atoms with Crippen molar-refractivity contribution < 1.29 is 5.11 Å². The van der Waals surface area contributed by atoms with Crippen LogP contribution in [0, 0.1) is 17.7 Å². The smallest absolute Gasteiger partial charge is 0.0610 e. The van der Waals surface area contributed by atoms with Gasteiger partial charge < -0.3 is 15.1 Å². The molecule has 2 N–H and O–H groups in total. The van der Waals surface area contributed by atoms with Gasteiger partial charge in [-0.15, -0.1) is 0 Å². The average molecular weight is 397 g/mol. The van der Waals surface area contributed by atoms with Crippen LogP contribution in [0.5, 0.6) is 0 Å². The van der Waals surface area contributed by atoms with E-state index in [4.69, 9.17) is 22.1 Å². The molecule has 3 nitrogen and oxygen atoms in total. The highest BCUT2D eigenvalue weighted by Crippen LogP contribution is 2.31. The fourth-order valence-corrected chi connectivity index (χ4v) is 2.35. The third kappa shape index (κ3) is 9.46. The molecule has 0 aliphatic heterocycles. The Hall–Kier alpha value is -1.23. The Labute approximate surface area is 168 Å². The lowest BCUT2D eigenvalue weighted by Gasteiger charge is -2.11. The maximum Gasteiger partial charge on any atom is 0.0610 e. The molecule has 1 aromatic heterocycles. The van der Waals surface area contributed by atoms with Gasteiger partial charge in [-0.25, -0.2) is 0 Å². The number of aryl methyl sites for hydroxylation is 1. The number of nitrogens with zero attached hydrogens (tertiary/aromatic N) is 1. The van der Waals surface area contributed by atoms with Crippen molar-refractivity contribution in [3.63, 3.8) is 0 Å². The fraction of sp³-hybridized carbons (Fsp3) is 0.476. The zero-order valence-corrected chi connectivity index (χ0v) is 18.6. The second kappa shape index (κ2) is 12.2. The number of aliphatic hydroxyl groups is 1. The van der Waals surface area contributed by atoms with E-state index in [1.165, 1.54) is 6.21 Å². The van der Waals surface area contributed by atoms with Gasteiger partial charge in [-0.1, -0.05) is 51.4 Å². The maximum atomic E-state index is 9.08. The van der Waals surface area contributed by atoms with E-state index < -0.39 is 0 Å². The number of hydrogen-bond acceptors (Lipinski definition) is 3. The number of aromatic nitrogens is 1. The Balaban J connectivity index is 0.000000663. The molecule has 2 aromatic rings. The molecule has 0 radical (unpaired) electrons. The molecule has 0 saturated heterocycles. The largest absolute Gasteiger partial charge is 0.395 e. The van der Waals surface area contributed by atoms with Crippen LogP contribution in [0.2, 0.25) is 5.02 Å². The van der Waals surface area contributed by atoms with Gasteiger partial charge in [0, 0.05) is 30.1 Å². The fourth-order valence-electron chi connectivity index (χ4n) is 2.02. The molecule has 146 valence electrons. The average Bonchev–Trinajstić information content (AvgIpc) is 2.90. The first kappa shape index (κ1) is 24.8. The summed E-state index contributed by atoms with van der Waals surface area (Å²) in [5, 5.41) is 17.2. The minimum absolute atomic E-state index is 0.0581. The summed E-state index contributed by atoms with van der Waals surface area (Å²) in [5.74, 6) is 0. The van der Waals surface area contributed by atoms with Gasteiger partial charge in [-0.05, 0) is 42.5 Å². The van der Waals surface area contributed by atoms with Crippen LogP contribution in [0.3, 0.4) is 0 Å². The number of aliphatic hydroxyl groups excluding tert-OH is 1. The Bertz CT molecular complexity index is 669. The molecule has 0 amide bonds. The molecule has 0 saturated carbocycles.